The number of halogens is 1. The third-order valence-electron chi connectivity index (χ3n) is 3.63. The number of alkyl halides is 1. The molecule has 0 heterocycles. The monoisotopic (exact) mass is 291 g/mol. The molecule has 0 spiro atoms. The van der Waals surface area contributed by atoms with Crippen LogP contribution in [0.3, 0.4) is 0 Å². The Bertz CT molecular complexity index is 427. The van der Waals surface area contributed by atoms with E-state index in [1.54, 1.807) is 11.9 Å². The van der Waals surface area contributed by atoms with Crippen LogP contribution in [-0.2, 0) is 17.6 Å². The first-order valence-corrected chi connectivity index (χ1v) is 7.68. The van der Waals surface area contributed by atoms with Gasteiger partial charge in [0, 0.05) is 13.6 Å². The van der Waals surface area contributed by atoms with Crippen molar-refractivity contribution in [1.82, 2.24) is 4.90 Å². The average molecular weight is 291 g/mol. The molecular formula is C18H26FNO. The number of amides is 1. The van der Waals surface area contributed by atoms with Gasteiger partial charge in [0.2, 0.25) is 5.91 Å². The Kier molecular flexibility index (Phi) is 8.41. The molecule has 1 aromatic carbocycles. The molecule has 1 amide bonds. The van der Waals surface area contributed by atoms with Gasteiger partial charge in [-0.05, 0) is 49.3 Å². The van der Waals surface area contributed by atoms with Crippen LogP contribution in [0.5, 0.6) is 0 Å². The van der Waals surface area contributed by atoms with Crippen LogP contribution in [0.4, 0.5) is 4.39 Å². The topological polar surface area (TPSA) is 20.3 Å². The van der Waals surface area contributed by atoms with Gasteiger partial charge in [0.15, 0.2) is 0 Å². The summed E-state index contributed by atoms with van der Waals surface area (Å²) in [5, 5.41) is 0. The molecule has 0 radical (unpaired) electrons. The van der Waals surface area contributed by atoms with E-state index in [-0.39, 0.29) is 12.6 Å². The Labute approximate surface area is 127 Å². The molecule has 21 heavy (non-hydrogen) atoms. The molecule has 0 atom stereocenters. The summed E-state index contributed by atoms with van der Waals surface area (Å²) in [5.41, 5.74) is 2.61. The molecule has 2 nitrogen and oxygen atoms in total. The molecule has 0 bridgehead atoms. The number of unbranched alkanes of at least 4 members (excludes halogenated alkanes) is 2. The van der Waals surface area contributed by atoms with Crippen LogP contribution in [0.25, 0.3) is 0 Å². The molecule has 116 valence electrons. The molecule has 0 aliphatic carbocycles. The third kappa shape index (κ3) is 7.07. The highest BCUT2D eigenvalue weighted by Crippen LogP contribution is 2.10. The van der Waals surface area contributed by atoms with Crippen molar-refractivity contribution < 1.29 is 9.18 Å². The van der Waals surface area contributed by atoms with E-state index in [9.17, 15) is 9.18 Å². The highest BCUT2D eigenvalue weighted by Gasteiger charge is 2.03. The predicted molar refractivity (Wildman–Crippen MR) is 86.1 cm³/mol. The Morgan fingerprint density at radius 3 is 2.19 bits per heavy atom. The lowest BCUT2D eigenvalue weighted by Gasteiger charge is -2.14. The SMILES string of the molecule is C=CC(=O)N(C)CCCc1ccc(CCCCCF)cc1. The maximum absolute atomic E-state index is 12.0. The molecule has 0 N–H and O–H groups in total. The van der Waals surface area contributed by atoms with Crippen LogP contribution in [0.15, 0.2) is 36.9 Å². The number of hydrogen-bond acceptors (Lipinski definition) is 1. The van der Waals surface area contributed by atoms with E-state index in [4.69, 9.17) is 0 Å². The lowest BCUT2D eigenvalue weighted by molar-refractivity contribution is -0.124. The van der Waals surface area contributed by atoms with Gasteiger partial charge >= 0.3 is 0 Å². The number of carbonyl (C=O) groups excluding carboxylic acids is 1. The summed E-state index contributed by atoms with van der Waals surface area (Å²) in [5.74, 6) is -0.0290. The molecule has 0 fully saturated rings. The zero-order chi connectivity index (χ0) is 15.5. The summed E-state index contributed by atoms with van der Waals surface area (Å²) in [7, 11) is 1.80. The molecule has 1 aromatic rings. The summed E-state index contributed by atoms with van der Waals surface area (Å²) in [6.45, 7) is 4.02. The van der Waals surface area contributed by atoms with E-state index < -0.39 is 0 Å². The molecule has 0 unspecified atom stereocenters. The fourth-order valence-electron chi connectivity index (χ4n) is 2.26. The predicted octanol–water partition coefficient (Wildman–Crippen LogP) is 3.95. The van der Waals surface area contributed by atoms with E-state index in [1.165, 1.54) is 17.2 Å². The molecule has 0 saturated carbocycles. The van der Waals surface area contributed by atoms with Crippen molar-refractivity contribution >= 4 is 5.91 Å². The number of carbonyl (C=O) groups is 1. The van der Waals surface area contributed by atoms with Crippen molar-refractivity contribution in [2.24, 2.45) is 0 Å². The van der Waals surface area contributed by atoms with Crippen molar-refractivity contribution in [3.63, 3.8) is 0 Å². The zero-order valence-corrected chi connectivity index (χ0v) is 13.0. The Hall–Kier alpha value is -1.64. The Morgan fingerprint density at radius 1 is 1.10 bits per heavy atom. The molecule has 0 saturated heterocycles. The summed E-state index contributed by atoms with van der Waals surface area (Å²) < 4.78 is 12.0. The van der Waals surface area contributed by atoms with Gasteiger partial charge in [-0.25, -0.2) is 0 Å². The van der Waals surface area contributed by atoms with Crippen molar-refractivity contribution in [1.29, 1.82) is 0 Å². The van der Waals surface area contributed by atoms with Crippen LogP contribution in [0.1, 0.15) is 36.8 Å². The second kappa shape index (κ2) is 10.1. The van der Waals surface area contributed by atoms with E-state index >= 15 is 0 Å². The van der Waals surface area contributed by atoms with Gasteiger partial charge in [-0.1, -0.05) is 37.3 Å². The van der Waals surface area contributed by atoms with Crippen LogP contribution in [-0.4, -0.2) is 31.1 Å². The summed E-state index contributed by atoms with van der Waals surface area (Å²) in [4.78, 5) is 13.0. The molecular weight excluding hydrogens is 265 g/mol. The van der Waals surface area contributed by atoms with Gasteiger partial charge in [-0.3, -0.25) is 9.18 Å². The number of likely N-dealkylation sites (N-methyl/N-ethyl adjacent to an activating group) is 1. The van der Waals surface area contributed by atoms with Gasteiger partial charge < -0.3 is 4.90 Å². The van der Waals surface area contributed by atoms with Crippen molar-refractivity contribution in [3.05, 3.63) is 48.0 Å². The smallest absolute Gasteiger partial charge is 0.245 e. The highest BCUT2D eigenvalue weighted by molar-refractivity contribution is 5.86. The maximum Gasteiger partial charge on any atom is 0.245 e. The first kappa shape index (κ1) is 17.4. The van der Waals surface area contributed by atoms with Crippen LogP contribution in [0.2, 0.25) is 0 Å². The average Bonchev–Trinajstić information content (AvgIpc) is 2.52. The second-order valence-corrected chi connectivity index (χ2v) is 5.38. The normalized spacial score (nSPS) is 10.4. The van der Waals surface area contributed by atoms with Crippen LogP contribution in [0, 0.1) is 0 Å². The standard InChI is InChI=1S/C18H26FNO/c1-3-18(21)20(2)15-7-9-17-12-10-16(11-13-17)8-5-4-6-14-19/h3,10-13H,1,4-9,14-15H2,2H3. The third-order valence-corrected chi connectivity index (χ3v) is 3.63. The fourth-order valence-corrected chi connectivity index (χ4v) is 2.26. The lowest BCUT2D eigenvalue weighted by atomic mass is 10.0. The summed E-state index contributed by atoms with van der Waals surface area (Å²) in [6.07, 6.45) is 6.98. The van der Waals surface area contributed by atoms with E-state index in [1.807, 2.05) is 0 Å². The van der Waals surface area contributed by atoms with Gasteiger partial charge in [-0.15, -0.1) is 0 Å². The second-order valence-electron chi connectivity index (χ2n) is 5.38. The van der Waals surface area contributed by atoms with Gasteiger partial charge in [0.05, 0.1) is 6.67 Å². The Balaban J connectivity index is 2.27. The Morgan fingerprint density at radius 2 is 1.67 bits per heavy atom. The number of aryl methyl sites for hydroxylation is 2. The number of rotatable bonds is 10. The molecule has 0 aromatic heterocycles. The molecule has 1 rings (SSSR count). The first-order valence-electron chi connectivity index (χ1n) is 7.68. The number of nitrogens with zero attached hydrogens (tertiary/aromatic N) is 1. The van der Waals surface area contributed by atoms with Gasteiger partial charge in [0.25, 0.3) is 0 Å². The molecule has 0 aliphatic rings. The van der Waals surface area contributed by atoms with E-state index in [0.717, 1.165) is 38.6 Å². The molecule has 3 heteroatoms. The summed E-state index contributed by atoms with van der Waals surface area (Å²) in [6, 6.07) is 8.62. The number of benzene rings is 1. The maximum atomic E-state index is 12.0. The lowest BCUT2D eigenvalue weighted by Crippen LogP contribution is -2.25. The van der Waals surface area contributed by atoms with Gasteiger partial charge in [-0.2, -0.15) is 0 Å². The van der Waals surface area contributed by atoms with Crippen molar-refractivity contribution in [3.8, 4) is 0 Å². The molecule has 0 aliphatic heterocycles. The van der Waals surface area contributed by atoms with Crippen LogP contribution < -0.4 is 0 Å². The summed E-state index contributed by atoms with van der Waals surface area (Å²) >= 11 is 0. The zero-order valence-electron chi connectivity index (χ0n) is 13.0. The first-order chi connectivity index (χ1) is 10.2. The fraction of sp³-hybridized carbons (Fsp3) is 0.500. The number of hydrogen-bond donors (Lipinski definition) is 0. The van der Waals surface area contributed by atoms with Crippen molar-refractivity contribution in [2.75, 3.05) is 20.3 Å². The minimum absolute atomic E-state index is 0.0290. The largest absolute Gasteiger partial charge is 0.342 e. The van der Waals surface area contributed by atoms with Gasteiger partial charge in [0.1, 0.15) is 0 Å². The minimum Gasteiger partial charge on any atom is -0.342 e. The van der Waals surface area contributed by atoms with Crippen molar-refractivity contribution in [2.45, 2.75) is 38.5 Å². The highest BCUT2D eigenvalue weighted by atomic mass is 19.1. The van der Waals surface area contributed by atoms with E-state index in [0.29, 0.717) is 6.42 Å². The van der Waals surface area contributed by atoms with E-state index in [2.05, 4.69) is 30.8 Å². The quantitative estimate of drug-likeness (QED) is 0.472. The minimum atomic E-state index is -0.207. The van der Waals surface area contributed by atoms with Crippen LogP contribution >= 0.6 is 0 Å².